The molecule has 17 heteroatoms. The van der Waals surface area contributed by atoms with Crippen LogP contribution in [0, 0.1) is 0 Å². The van der Waals surface area contributed by atoms with E-state index in [0.717, 1.165) is 16.7 Å². The number of ether oxygens (including phenoxy) is 4. The zero-order chi connectivity index (χ0) is 43.7. The fourth-order valence-corrected chi connectivity index (χ4v) is 6.87. The first-order valence-corrected chi connectivity index (χ1v) is 20.6. The molecule has 1 fully saturated rings. The third kappa shape index (κ3) is 18.4. The number of aliphatic hydroxyl groups excluding tert-OH is 1. The number of rotatable bonds is 25. The molecule has 1 heterocycles. The molecule has 3 atom stereocenters. The van der Waals surface area contributed by atoms with Crippen LogP contribution < -0.4 is 5.32 Å². The maximum Gasteiger partial charge on any atom is 0.323 e. The Morgan fingerprint density at radius 1 is 0.508 bits per heavy atom. The van der Waals surface area contributed by atoms with Crippen molar-refractivity contribution in [3.8, 4) is 0 Å². The van der Waals surface area contributed by atoms with Gasteiger partial charge in [0.1, 0.15) is 18.1 Å². The summed E-state index contributed by atoms with van der Waals surface area (Å²) in [6.45, 7) is 1.57. The van der Waals surface area contributed by atoms with Gasteiger partial charge in [0, 0.05) is 58.9 Å². The van der Waals surface area contributed by atoms with Crippen LogP contribution in [0.5, 0.6) is 0 Å². The van der Waals surface area contributed by atoms with E-state index in [1.807, 2.05) is 95.9 Å². The van der Waals surface area contributed by atoms with E-state index in [0.29, 0.717) is 0 Å². The maximum atomic E-state index is 13.2. The van der Waals surface area contributed by atoms with Gasteiger partial charge in [0.25, 0.3) is 0 Å². The third-order valence-electron chi connectivity index (χ3n) is 10.3. The summed E-state index contributed by atoms with van der Waals surface area (Å²) in [4.78, 5) is 58.9. The summed E-state index contributed by atoms with van der Waals surface area (Å²) in [5.74, 6) is -3.69. The molecule has 3 unspecified atom stereocenters. The molecule has 0 aliphatic carbocycles. The number of benzene rings is 3. The first-order valence-electron chi connectivity index (χ1n) is 20.6. The van der Waals surface area contributed by atoms with Crippen LogP contribution in [0.2, 0.25) is 0 Å². The van der Waals surface area contributed by atoms with Gasteiger partial charge in [-0.25, -0.2) is 0 Å². The largest absolute Gasteiger partial charge is 0.480 e. The first kappa shape index (κ1) is 48.8. The van der Waals surface area contributed by atoms with Crippen molar-refractivity contribution < 1.29 is 58.6 Å². The Hall–Kier alpha value is -4.82. The molecule has 1 aliphatic heterocycles. The predicted octanol–water partition coefficient (Wildman–Crippen LogP) is 1.34. The number of nitrogens with zero attached hydrogens (tertiary/aromatic N) is 4. The molecule has 1 saturated heterocycles. The Morgan fingerprint density at radius 3 is 1.18 bits per heavy atom. The van der Waals surface area contributed by atoms with Crippen molar-refractivity contribution in [1.82, 2.24) is 24.9 Å². The molecule has 5 N–H and O–H groups in total. The van der Waals surface area contributed by atoms with E-state index in [1.54, 1.807) is 14.7 Å². The van der Waals surface area contributed by atoms with E-state index in [2.05, 4.69) is 5.32 Å². The number of carbonyl (C=O) groups is 4. The maximum absolute atomic E-state index is 13.2. The molecule has 61 heavy (non-hydrogen) atoms. The minimum atomic E-state index is -1.15. The zero-order valence-corrected chi connectivity index (χ0v) is 34.7. The third-order valence-corrected chi connectivity index (χ3v) is 10.3. The second-order valence-corrected chi connectivity index (χ2v) is 14.6. The van der Waals surface area contributed by atoms with Gasteiger partial charge in [0.05, 0.1) is 66.0 Å². The van der Waals surface area contributed by atoms with Crippen LogP contribution >= 0.6 is 0 Å². The quantitative estimate of drug-likeness (QED) is 0.0762. The Morgan fingerprint density at radius 2 is 0.852 bits per heavy atom. The highest BCUT2D eigenvalue weighted by atomic mass is 16.5. The van der Waals surface area contributed by atoms with Gasteiger partial charge in [-0.1, -0.05) is 91.0 Å². The number of carboxylic acid groups (broad SMARTS) is 3. The number of aliphatic carboxylic acids is 3. The summed E-state index contributed by atoms with van der Waals surface area (Å²) in [7, 11) is 0. The Labute approximate surface area is 357 Å². The number of carbonyl (C=O) groups excluding carboxylic acids is 1. The van der Waals surface area contributed by atoms with E-state index in [-0.39, 0.29) is 131 Å². The van der Waals surface area contributed by atoms with Gasteiger partial charge in [-0.2, -0.15) is 0 Å². The molecule has 1 amide bonds. The van der Waals surface area contributed by atoms with Crippen LogP contribution in [0.1, 0.15) is 16.7 Å². The van der Waals surface area contributed by atoms with Gasteiger partial charge in [-0.05, 0) is 16.7 Å². The Kier molecular flexibility index (Phi) is 22.3. The molecule has 0 radical (unpaired) electrons. The Bertz CT molecular complexity index is 1630. The topological polar surface area (TPSA) is 211 Å². The van der Waals surface area contributed by atoms with Gasteiger partial charge < -0.3 is 44.7 Å². The van der Waals surface area contributed by atoms with E-state index < -0.39 is 36.0 Å². The van der Waals surface area contributed by atoms with Gasteiger partial charge in [-0.15, -0.1) is 0 Å². The fourth-order valence-electron chi connectivity index (χ4n) is 6.87. The lowest BCUT2D eigenvalue weighted by Crippen LogP contribution is -2.57. The number of aliphatic hydroxyl groups is 1. The predicted molar refractivity (Wildman–Crippen MR) is 225 cm³/mol. The molecular weight excluding hydrogens is 791 g/mol. The summed E-state index contributed by atoms with van der Waals surface area (Å²) in [6, 6.07) is 24.7. The van der Waals surface area contributed by atoms with Crippen molar-refractivity contribution in [3.63, 3.8) is 0 Å². The molecular formula is C44H61N5O12. The van der Waals surface area contributed by atoms with E-state index in [1.165, 1.54) is 0 Å². The van der Waals surface area contributed by atoms with E-state index in [9.17, 15) is 34.5 Å². The molecule has 3 aromatic carbocycles. The number of amides is 1. The van der Waals surface area contributed by atoms with Crippen molar-refractivity contribution in [2.45, 2.75) is 37.9 Å². The van der Waals surface area contributed by atoms with Crippen LogP contribution in [0.25, 0.3) is 0 Å². The average Bonchev–Trinajstić information content (AvgIpc) is 3.25. The number of hydrogen-bond acceptors (Lipinski definition) is 13. The molecule has 1 aliphatic rings. The molecule has 0 aromatic heterocycles. The van der Waals surface area contributed by atoms with Crippen LogP contribution in [0.3, 0.4) is 0 Å². The first-order chi connectivity index (χ1) is 29.6. The van der Waals surface area contributed by atoms with E-state index in [4.69, 9.17) is 24.1 Å². The second-order valence-electron chi connectivity index (χ2n) is 14.6. The molecule has 0 bridgehead atoms. The standard InChI is InChI=1S/C44H61N5O12/c50-25-27-58-26-16-45-41(51)28-46-17-19-47(38(42(52)53)32-59-29-35-10-4-1-5-11-35)21-23-49(40(44(56)57)34-61-31-37-14-8-3-9-15-37)24-22-48(20-18-46)39(43(54)55)33-60-30-36-12-6-2-7-13-36/h1-15,38-40,50H,16-34H2,(H,45,51)(H,52,53)(H,54,55)(H,56,57). The lowest BCUT2D eigenvalue weighted by Gasteiger charge is -2.38. The zero-order valence-electron chi connectivity index (χ0n) is 34.7. The van der Waals surface area contributed by atoms with Gasteiger partial charge in [-0.3, -0.25) is 38.8 Å². The van der Waals surface area contributed by atoms with Crippen LogP contribution in [0.15, 0.2) is 91.0 Å². The minimum absolute atomic E-state index is 0.0713. The molecule has 3 aromatic rings. The number of nitrogens with one attached hydrogen (secondary N) is 1. The lowest BCUT2D eigenvalue weighted by atomic mass is 10.2. The smallest absolute Gasteiger partial charge is 0.323 e. The highest BCUT2D eigenvalue weighted by Crippen LogP contribution is 2.14. The van der Waals surface area contributed by atoms with Crippen molar-refractivity contribution in [1.29, 1.82) is 0 Å². The Balaban J connectivity index is 1.60. The summed E-state index contributed by atoms with van der Waals surface area (Å²) < 4.78 is 23.1. The van der Waals surface area contributed by atoms with Crippen LogP contribution in [0.4, 0.5) is 0 Å². The normalized spacial score (nSPS) is 16.7. The minimum Gasteiger partial charge on any atom is -0.480 e. The summed E-state index contributed by atoms with van der Waals surface area (Å²) in [5, 5.41) is 43.4. The monoisotopic (exact) mass is 851 g/mol. The molecule has 0 saturated carbocycles. The van der Waals surface area contributed by atoms with Gasteiger partial charge in [0.15, 0.2) is 0 Å². The lowest BCUT2D eigenvalue weighted by molar-refractivity contribution is -0.150. The van der Waals surface area contributed by atoms with Crippen molar-refractivity contribution in [2.24, 2.45) is 0 Å². The molecule has 4 rings (SSSR count). The highest BCUT2D eigenvalue weighted by molar-refractivity contribution is 5.78. The molecule has 0 spiro atoms. The van der Waals surface area contributed by atoms with Crippen LogP contribution in [-0.2, 0) is 57.9 Å². The summed E-state index contributed by atoms with van der Waals surface area (Å²) in [6.07, 6.45) is 0. The molecule has 334 valence electrons. The summed E-state index contributed by atoms with van der Waals surface area (Å²) in [5.41, 5.74) is 2.62. The fraction of sp³-hybridized carbons (Fsp3) is 0.500. The van der Waals surface area contributed by atoms with Crippen molar-refractivity contribution in [3.05, 3.63) is 108 Å². The summed E-state index contributed by atoms with van der Waals surface area (Å²) >= 11 is 0. The van der Waals surface area contributed by atoms with Crippen molar-refractivity contribution in [2.75, 3.05) is 105 Å². The average molecular weight is 852 g/mol. The number of carboxylic acids is 3. The second kappa shape index (κ2) is 27.9. The highest BCUT2D eigenvalue weighted by Gasteiger charge is 2.33. The van der Waals surface area contributed by atoms with Crippen molar-refractivity contribution >= 4 is 23.8 Å². The van der Waals surface area contributed by atoms with Gasteiger partial charge in [0.2, 0.25) is 5.91 Å². The number of hydrogen-bond donors (Lipinski definition) is 5. The molecule has 17 nitrogen and oxygen atoms in total. The SMILES string of the molecule is O=C(CN1CCN(C(COCc2ccccc2)C(=O)O)CCN(C(COCc2ccccc2)C(=O)O)CCN(C(COCc2ccccc2)C(=O)O)CC1)NCCOCCO. The van der Waals surface area contributed by atoms with Crippen LogP contribution in [-0.4, -0.2) is 187 Å². The van der Waals surface area contributed by atoms with E-state index >= 15 is 0 Å². The van der Waals surface area contributed by atoms with Gasteiger partial charge >= 0.3 is 17.9 Å².